The molecule has 1 amide bonds. The van der Waals surface area contributed by atoms with Crippen molar-refractivity contribution in [1.29, 1.82) is 0 Å². The molecular weight excluding hydrogens is 1190 g/mol. The van der Waals surface area contributed by atoms with Gasteiger partial charge in [0.2, 0.25) is 23.7 Å². The Morgan fingerprint density at radius 3 is 1.41 bits per heavy atom. The second kappa shape index (κ2) is 32.7. The number of nitrogens with one attached hydrogen (secondary N) is 1. The highest BCUT2D eigenvalue weighted by molar-refractivity contribution is 6.29. The second-order valence-corrected chi connectivity index (χ2v) is 22.5. The summed E-state index contributed by atoms with van der Waals surface area (Å²) in [6.45, 7) is 27.8. The monoisotopic (exact) mass is 1260 g/mol. The third-order valence-corrected chi connectivity index (χ3v) is 12.6. The summed E-state index contributed by atoms with van der Waals surface area (Å²) < 4.78 is 27.0. The SMILES string of the molecule is NCc1ccc(COc2cc(Cl)nc(N)n2)cc1.[C-]#[N+]/C(=C\c1ccc2cc(N(C)CCO)ccc2n1)C(=O)OC(C)(C)C.[C-]#[N+]/C(=C\c1ccc2cc(N(C)CCOC(=O)NCc3ccc(COc4cc(Cl)nc(N)n4)cc3)ccc2n1)C(=O)OC(C)(C)C. The zero-order valence-corrected chi connectivity index (χ0v) is 52.5. The number of likely N-dealkylation sites (N-methyl/N-ethyl adjacent to an activating group) is 2. The number of ether oxygens (including phenoxy) is 5. The van der Waals surface area contributed by atoms with Gasteiger partial charge in [0, 0.05) is 68.0 Å². The molecule has 90 heavy (non-hydrogen) atoms. The van der Waals surface area contributed by atoms with Gasteiger partial charge in [-0.1, -0.05) is 83.9 Å². The number of fused-ring (bicyclic) bond motifs is 2. The van der Waals surface area contributed by atoms with Crippen LogP contribution >= 0.6 is 23.2 Å². The summed E-state index contributed by atoms with van der Waals surface area (Å²) in [6, 6.07) is 37.1. The summed E-state index contributed by atoms with van der Waals surface area (Å²) in [5.74, 6) is -0.576. The fraction of sp³-hybridized carbons (Fsp3) is 0.277. The number of nitrogens with zero attached hydrogens (tertiary/aromatic N) is 10. The number of aromatic nitrogens is 6. The number of hydrogen-bond acceptors (Lipinski definition) is 20. The number of carbonyl (C=O) groups excluding carboxylic acids is 3. The van der Waals surface area contributed by atoms with Crippen LogP contribution in [0.15, 0.2) is 133 Å². The largest absolute Gasteiger partial charge is 0.473 e. The lowest BCUT2D eigenvalue weighted by Gasteiger charge is -2.20. The second-order valence-electron chi connectivity index (χ2n) is 21.8. The Morgan fingerprint density at radius 1 is 0.589 bits per heavy atom. The minimum atomic E-state index is -0.702. The summed E-state index contributed by atoms with van der Waals surface area (Å²) in [4.78, 5) is 71.6. The van der Waals surface area contributed by atoms with Crippen LogP contribution in [0.4, 0.5) is 28.1 Å². The number of benzene rings is 4. The van der Waals surface area contributed by atoms with E-state index >= 15 is 0 Å². The van der Waals surface area contributed by atoms with Crippen molar-refractivity contribution in [2.45, 2.75) is 79.0 Å². The Hall–Kier alpha value is -10.2. The molecule has 0 unspecified atom stereocenters. The number of nitrogen functional groups attached to an aromatic ring is 2. The zero-order chi connectivity index (χ0) is 65.5. The molecule has 0 saturated carbocycles. The number of aliphatic hydroxyl groups excluding tert-OH is 1. The van der Waals surface area contributed by atoms with E-state index in [9.17, 15) is 14.4 Å². The first-order chi connectivity index (χ1) is 42.8. The summed E-state index contributed by atoms with van der Waals surface area (Å²) in [5, 5.41) is 14.1. The maximum Gasteiger partial charge on any atom is 0.407 e. The number of hydrogen-bond donors (Lipinski definition) is 5. The minimum Gasteiger partial charge on any atom is -0.473 e. The molecule has 8 N–H and O–H groups in total. The van der Waals surface area contributed by atoms with Crippen LogP contribution in [-0.2, 0) is 50.1 Å². The molecule has 23 nitrogen and oxygen atoms in total. The molecule has 0 saturated heterocycles. The van der Waals surface area contributed by atoms with Crippen LogP contribution in [-0.4, -0.2) is 105 Å². The third-order valence-electron chi connectivity index (χ3n) is 12.3. The van der Waals surface area contributed by atoms with Crippen LogP contribution in [0, 0.1) is 13.1 Å². The van der Waals surface area contributed by atoms with E-state index in [0.717, 1.165) is 49.9 Å². The Morgan fingerprint density at radius 2 is 1.01 bits per heavy atom. The standard InChI is InChI=1S/C33H34ClN7O5.C20H23N3O3.C12H13ClN4O/c1-33(2,3)46-30(42)27(36-4)17-24-11-10-23-16-25(12-13-26(23)38-24)41(5)14-15-44-32(43)37-19-21-6-8-22(9-7-21)20-45-29-18-28(34)39-31(35)40-29;1-20(2,3)26-19(25)18(21-4)13-15-7-6-14-12-16(23(5)10-11-24)8-9-17(14)22-15;13-10-5-11(17-12(15)16-10)18-7-9-3-1-8(6-14)2-4-9/h6-13,16-18H,14-15,19-20H2,1-3,5H3,(H,37,43)(H2,35,39,40);6-9,12-13,24H,10-11H2,1-3,5H3;1-5H,6-7,14H2,(H2,15,16,17)/b27-17-;18-13-;. The number of esters is 2. The number of amides is 1. The highest BCUT2D eigenvalue weighted by Crippen LogP contribution is 2.25. The molecule has 4 aromatic carbocycles. The van der Waals surface area contributed by atoms with Gasteiger partial charge in [0.15, 0.2) is 0 Å². The van der Waals surface area contributed by atoms with E-state index in [4.69, 9.17) is 82.3 Å². The van der Waals surface area contributed by atoms with Crippen LogP contribution in [0.5, 0.6) is 11.8 Å². The molecule has 25 heteroatoms. The topological polar surface area (TPSA) is 300 Å². The third kappa shape index (κ3) is 22.8. The maximum absolute atomic E-state index is 12.3. The van der Waals surface area contributed by atoms with Crippen LogP contribution in [0.2, 0.25) is 10.3 Å². The molecule has 0 fully saturated rings. The van der Waals surface area contributed by atoms with Crippen molar-refractivity contribution in [3.05, 3.63) is 200 Å². The first-order valence-electron chi connectivity index (χ1n) is 27.9. The highest BCUT2D eigenvalue weighted by Gasteiger charge is 2.22. The van der Waals surface area contributed by atoms with E-state index < -0.39 is 29.2 Å². The van der Waals surface area contributed by atoms with E-state index in [1.54, 1.807) is 53.7 Å². The van der Waals surface area contributed by atoms with Gasteiger partial charge in [-0.2, -0.15) is 9.97 Å². The fourth-order valence-electron chi connectivity index (χ4n) is 7.83. The highest BCUT2D eigenvalue weighted by atomic mass is 35.5. The van der Waals surface area contributed by atoms with Gasteiger partial charge in [-0.15, -0.1) is 0 Å². The Bertz CT molecular complexity index is 3900. The summed E-state index contributed by atoms with van der Waals surface area (Å²) >= 11 is 11.6. The molecule has 0 aliphatic rings. The molecular formula is C65H70Cl2N14O9. The number of alkyl carbamates (subject to hydrolysis) is 1. The van der Waals surface area contributed by atoms with Crippen molar-refractivity contribution in [2.24, 2.45) is 5.73 Å². The number of anilines is 4. The average molecular weight is 1260 g/mol. The lowest BCUT2D eigenvalue weighted by Crippen LogP contribution is -2.28. The normalized spacial score (nSPS) is 11.4. The maximum atomic E-state index is 12.3. The van der Waals surface area contributed by atoms with E-state index in [-0.39, 0.29) is 59.3 Å². The Balaban J connectivity index is 0.000000244. The van der Waals surface area contributed by atoms with Crippen LogP contribution in [0.1, 0.15) is 75.2 Å². The number of carbonyl (C=O) groups is 3. The van der Waals surface area contributed by atoms with Gasteiger partial charge in [-0.3, -0.25) is 9.59 Å². The van der Waals surface area contributed by atoms with Crippen molar-refractivity contribution < 1.29 is 43.2 Å². The Kier molecular flexibility index (Phi) is 25.1. The summed E-state index contributed by atoms with van der Waals surface area (Å²) in [5.41, 5.74) is 23.2. The van der Waals surface area contributed by atoms with Gasteiger partial charge < -0.3 is 61.1 Å². The van der Waals surface area contributed by atoms with Gasteiger partial charge in [0.1, 0.15) is 41.3 Å². The van der Waals surface area contributed by atoms with E-state index in [1.807, 2.05) is 121 Å². The lowest BCUT2D eigenvalue weighted by atomic mass is 10.1. The first-order valence-corrected chi connectivity index (χ1v) is 28.7. The van der Waals surface area contributed by atoms with E-state index in [1.165, 1.54) is 24.3 Å². The molecule has 468 valence electrons. The molecule has 0 radical (unpaired) electrons. The number of halogens is 2. The van der Waals surface area contributed by atoms with Gasteiger partial charge >= 0.3 is 18.0 Å². The molecule has 8 aromatic rings. The predicted molar refractivity (Wildman–Crippen MR) is 348 cm³/mol. The molecule has 4 heterocycles. The summed E-state index contributed by atoms with van der Waals surface area (Å²) in [6.07, 6.45) is 2.34. The van der Waals surface area contributed by atoms with Gasteiger partial charge in [-0.25, -0.2) is 34.4 Å². The van der Waals surface area contributed by atoms with Crippen molar-refractivity contribution in [3.63, 3.8) is 0 Å². The quantitative estimate of drug-likeness (QED) is 0.0156. The molecule has 0 bridgehead atoms. The fourth-order valence-corrected chi connectivity index (χ4v) is 8.19. The zero-order valence-electron chi connectivity index (χ0n) is 51.0. The smallest absolute Gasteiger partial charge is 0.407 e. The number of nitrogens with two attached hydrogens (primary N) is 3. The molecule has 0 aliphatic heterocycles. The Labute approximate surface area is 532 Å². The molecule has 4 aromatic heterocycles. The van der Waals surface area contributed by atoms with Crippen molar-refractivity contribution in [1.82, 2.24) is 35.2 Å². The molecule has 0 spiro atoms. The van der Waals surface area contributed by atoms with Crippen molar-refractivity contribution in [2.75, 3.05) is 61.7 Å². The van der Waals surface area contributed by atoms with E-state index in [0.29, 0.717) is 55.6 Å². The lowest BCUT2D eigenvalue weighted by molar-refractivity contribution is -0.150. The van der Waals surface area contributed by atoms with Crippen molar-refractivity contribution >= 4 is 98.5 Å². The van der Waals surface area contributed by atoms with Gasteiger partial charge in [0.05, 0.1) is 48.7 Å². The van der Waals surface area contributed by atoms with Crippen LogP contribution < -0.4 is 41.8 Å². The van der Waals surface area contributed by atoms with Gasteiger partial charge in [-0.05, 0) is 124 Å². The molecule has 8 rings (SSSR count). The van der Waals surface area contributed by atoms with Crippen LogP contribution in [0.3, 0.4) is 0 Å². The molecule has 0 atom stereocenters. The number of aliphatic hydroxyl groups is 1. The minimum absolute atomic E-state index is 0.0360. The van der Waals surface area contributed by atoms with Gasteiger partial charge in [0.25, 0.3) is 11.4 Å². The molecule has 0 aliphatic carbocycles. The van der Waals surface area contributed by atoms with Crippen LogP contribution in [0.25, 0.3) is 43.6 Å². The number of rotatable bonds is 20. The van der Waals surface area contributed by atoms with E-state index in [2.05, 4.69) is 44.9 Å². The number of pyridine rings is 2. The predicted octanol–water partition coefficient (Wildman–Crippen LogP) is 10.8. The average Bonchev–Trinajstić information content (AvgIpc) is 1.08. The van der Waals surface area contributed by atoms with Crippen molar-refractivity contribution in [3.8, 4) is 11.8 Å². The summed E-state index contributed by atoms with van der Waals surface area (Å²) in [7, 11) is 3.81. The first kappa shape index (κ1) is 68.9.